The highest BCUT2D eigenvalue weighted by atomic mass is 19.4. The first-order valence-corrected chi connectivity index (χ1v) is 11.3. The van der Waals surface area contributed by atoms with E-state index in [9.17, 15) is 18.0 Å². The van der Waals surface area contributed by atoms with Crippen LogP contribution in [0.4, 0.5) is 13.2 Å². The molecule has 3 rings (SSSR count). The molecular formula is C28H29F3O4. The standard InChI is InChI=1S/C28H29F3O4/c1-4-21(19-20-11-7-5-8-12-20)25(22-15-17-24(33-2)18-16-22)35-26(32)27(34-3,28(29,30)31)23-13-9-6-10-14-23/h5-18,21,25H,4,19H2,1-3H3. The minimum Gasteiger partial charge on any atom is -0.497 e. The number of alkyl halides is 3. The number of benzene rings is 3. The molecule has 0 spiro atoms. The van der Waals surface area contributed by atoms with Gasteiger partial charge in [-0.15, -0.1) is 0 Å². The Morgan fingerprint density at radius 3 is 1.91 bits per heavy atom. The summed E-state index contributed by atoms with van der Waals surface area (Å²) in [6, 6.07) is 23.2. The van der Waals surface area contributed by atoms with Gasteiger partial charge in [0.25, 0.3) is 5.60 Å². The van der Waals surface area contributed by atoms with Crippen LogP contribution in [0.1, 0.15) is 36.1 Å². The average molecular weight is 487 g/mol. The maximum atomic E-state index is 14.5. The van der Waals surface area contributed by atoms with E-state index in [2.05, 4.69) is 0 Å². The topological polar surface area (TPSA) is 44.8 Å². The lowest BCUT2D eigenvalue weighted by Gasteiger charge is -2.35. The quantitative estimate of drug-likeness (QED) is 0.301. The Labute approximate surface area is 203 Å². The van der Waals surface area contributed by atoms with Gasteiger partial charge in [-0.2, -0.15) is 13.2 Å². The van der Waals surface area contributed by atoms with E-state index in [0.717, 1.165) is 12.7 Å². The lowest BCUT2D eigenvalue weighted by atomic mass is 9.87. The monoisotopic (exact) mass is 486 g/mol. The number of esters is 1. The largest absolute Gasteiger partial charge is 0.497 e. The fourth-order valence-corrected chi connectivity index (χ4v) is 4.20. The highest BCUT2D eigenvalue weighted by Gasteiger charge is 2.64. The maximum Gasteiger partial charge on any atom is 0.432 e. The van der Waals surface area contributed by atoms with Crippen molar-refractivity contribution in [3.05, 3.63) is 102 Å². The second-order valence-corrected chi connectivity index (χ2v) is 8.21. The number of ether oxygens (including phenoxy) is 3. The molecule has 0 aliphatic carbocycles. The molecule has 0 heterocycles. The zero-order valence-corrected chi connectivity index (χ0v) is 19.9. The van der Waals surface area contributed by atoms with Gasteiger partial charge in [0.1, 0.15) is 11.9 Å². The van der Waals surface area contributed by atoms with Crippen LogP contribution in [0.2, 0.25) is 0 Å². The summed E-state index contributed by atoms with van der Waals surface area (Å²) in [5, 5.41) is 0. The third-order valence-electron chi connectivity index (χ3n) is 6.14. The highest BCUT2D eigenvalue weighted by Crippen LogP contribution is 2.45. The molecule has 4 nitrogen and oxygen atoms in total. The molecular weight excluding hydrogens is 457 g/mol. The molecule has 7 heteroatoms. The van der Waals surface area contributed by atoms with E-state index in [1.807, 2.05) is 37.3 Å². The minimum atomic E-state index is -5.05. The highest BCUT2D eigenvalue weighted by molar-refractivity contribution is 5.83. The molecule has 35 heavy (non-hydrogen) atoms. The molecule has 0 fully saturated rings. The number of methoxy groups -OCH3 is 2. The van der Waals surface area contributed by atoms with Crippen molar-refractivity contribution in [1.82, 2.24) is 0 Å². The van der Waals surface area contributed by atoms with E-state index in [4.69, 9.17) is 14.2 Å². The normalized spacial score (nSPS) is 15.0. The lowest BCUT2D eigenvalue weighted by Crippen LogP contribution is -2.52. The smallest absolute Gasteiger partial charge is 0.432 e. The van der Waals surface area contributed by atoms with Crippen molar-refractivity contribution in [3.8, 4) is 5.75 Å². The van der Waals surface area contributed by atoms with Gasteiger partial charge in [-0.05, 0) is 36.1 Å². The molecule has 0 aliphatic rings. The molecule has 0 bridgehead atoms. The Balaban J connectivity index is 2.05. The summed E-state index contributed by atoms with van der Waals surface area (Å²) in [4.78, 5) is 13.4. The van der Waals surface area contributed by atoms with E-state index in [-0.39, 0.29) is 11.5 Å². The van der Waals surface area contributed by atoms with Gasteiger partial charge in [0.05, 0.1) is 7.11 Å². The van der Waals surface area contributed by atoms with Crippen molar-refractivity contribution >= 4 is 5.97 Å². The zero-order valence-electron chi connectivity index (χ0n) is 19.9. The predicted molar refractivity (Wildman–Crippen MR) is 127 cm³/mol. The van der Waals surface area contributed by atoms with Gasteiger partial charge in [-0.3, -0.25) is 0 Å². The van der Waals surface area contributed by atoms with Crippen LogP contribution in [0.3, 0.4) is 0 Å². The lowest BCUT2D eigenvalue weighted by molar-refractivity contribution is -0.279. The molecule has 0 N–H and O–H groups in total. The van der Waals surface area contributed by atoms with Crippen molar-refractivity contribution in [1.29, 1.82) is 0 Å². The minimum absolute atomic E-state index is 0.284. The number of carbonyl (C=O) groups excluding carboxylic acids is 1. The molecule has 186 valence electrons. The first-order valence-electron chi connectivity index (χ1n) is 11.3. The van der Waals surface area contributed by atoms with Gasteiger partial charge in [-0.1, -0.05) is 79.7 Å². The molecule has 3 atom stereocenters. The maximum absolute atomic E-state index is 14.5. The first kappa shape index (κ1) is 26.3. The molecule has 0 saturated heterocycles. The summed E-state index contributed by atoms with van der Waals surface area (Å²) < 4.78 is 59.2. The number of hydrogen-bond donors (Lipinski definition) is 0. The van der Waals surface area contributed by atoms with Crippen molar-refractivity contribution < 1.29 is 32.2 Å². The summed E-state index contributed by atoms with van der Waals surface area (Å²) in [7, 11) is 2.39. The van der Waals surface area contributed by atoms with Crippen molar-refractivity contribution in [2.75, 3.05) is 14.2 Å². The fourth-order valence-electron chi connectivity index (χ4n) is 4.20. The number of rotatable bonds is 10. The Morgan fingerprint density at radius 2 is 1.43 bits per heavy atom. The second kappa shape index (κ2) is 11.4. The second-order valence-electron chi connectivity index (χ2n) is 8.21. The number of hydrogen-bond acceptors (Lipinski definition) is 4. The van der Waals surface area contributed by atoms with Crippen molar-refractivity contribution in [2.45, 2.75) is 37.6 Å². The third kappa shape index (κ3) is 5.68. The van der Waals surface area contributed by atoms with Gasteiger partial charge in [-0.25, -0.2) is 4.79 Å². The Morgan fingerprint density at radius 1 is 0.857 bits per heavy atom. The van der Waals surface area contributed by atoms with E-state index < -0.39 is 23.9 Å². The van der Waals surface area contributed by atoms with Gasteiger partial charge in [0.15, 0.2) is 0 Å². The molecule has 3 unspecified atom stereocenters. The van der Waals surface area contributed by atoms with Crippen LogP contribution in [0.15, 0.2) is 84.9 Å². The number of carbonyl (C=O) groups is 1. The van der Waals surface area contributed by atoms with Crippen molar-refractivity contribution in [2.24, 2.45) is 5.92 Å². The number of halogens is 3. The molecule has 3 aromatic carbocycles. The van der Waals surface area contributed by atoms with Gasteiger partial charge < -0.3 is 14.2 Å². The molecule has 0 radical (unpaired) electrons. The summed E-state index contributed by atoms with van der Waals surface area (Å²) >= 11 is 0. The van der Waals surface area contributed by atoms with E-state index in [0.29, 0.717) is 24.2 Å². The molecule has 3 aromatic rings. The van der Waals surface area contributed by atoms with Crippen LogP contribution >= 0.6 is 0 Å². The zero-order chi connectivity index (χ0) is 25.5. The van der Waals surface area contributed by atoms with E-state index in [1.54, 1.807) is 30.3 Å². The Bertz CT molecular complexity index is 1070. The molecule has 0 saturated carbocycles. The molecule has 0 aromatic heterocycles. The predicted octanol–water partition coefficient (Wildman–Crippen LogP) is 6.65. The van der Waals surface area contributed by atoms with Gasteiger partial charge >= 0.3 is 12.1 Å². The van der Waals surface area contributed by atoms with Crippen LogP contribution in [-0.2, 0) is 26.3 Å². The van der Waals surface area contributed by atoms with Crippen LogP contribution in [0.25, 0.3) is 0 Å². The average Bonchev–Trinajstić information content (AvgIpc) is 2.87. The van der Waals surface area contributed by atoms with Crippen LogP contribution in [0.5, 0.6) is 5.75 Å². The van der Waals surface area contributed by atoms with Gasteiger partial charge in [0, 0.05) is 18.6 Å². The van der Waals surface area contributed by atoms with Gasteiger partial charge in [0.2, 0.25) is 0 Å². The summed E-state index contributed by atoms with van der Waals surface area (Å²) in [5.74, 6) is -1.21. The van der Waals surface area contributed by atoms with Crippen molar-refractivity contribution in [3.63, 3.8) is 0 Å². The van der Waals surface area contributed by atoms with Crippen LogP contribution < -0.4 is 4.74 Å². The summed E-state index contributed by atoms with van der Waals surface area (Å²) in [5.41, 5.74) is -2.04. The van der Waals surface area contributed by atoms with E-state index in [1.165, 1.54) is 31.4 Å². The molecule has 0 aliphatic heterocycles. The third-order valence-corrected chi connectivity index (χ3v) is 6.14. The van der Waals surface area contributed by atoms with Crippen LogP contribution in [0, 0.1) is 5.92 Å². The molecule has 0 amide bonds. The summed E-state index contributed by atoms with van der Waals surface area (Å²) in [6.07, 6.45) is -4.92. The summed E-state index contributed by atoms with van der Waals surface area (Å²) in [6.45, 7) is 1.92. The Kier molecular flexibility index (Phi) is 8.57. The Hall–Kier alpha value is -3.32. The first-order chi connectivity index (χ1) is 16.8. The SMILES string of the molecule is CCC(Cc1ccccc1)C(OC(=O)C(OC)(c1ccccc1)C(F)(F)F)c1ccc(OC)cc1. The van der Waals surface area contributed by atoms with E-state index >= 15 is 0 Å². The fraction of sp³-hybridized carbons (Fsp3) is 0.321. The van der Waals surface area contributed by atoms with Crippen LogP contribution in [-0.4, -0.2) is 26.4 Å².